The molecule has 0 N–H and O–H groups in total. The highest BCUT2D eigenvalue weighted by Crippen LogP contribution is 2.33. The first kappa shape index (κ1) is 19.0. The number of nitrogens with zero attached hydrogens (tertiary/aromatic N) is 4. The molecule has 0 spiro atoms. The number of aromatic nitrogens is 4. The number of methoxy groups -OCH3 is 1. The fourth-order valence-corrected chi connectivity index (χ4v) is 3.88. The van der Waals surface area contributed by atoms with Crippen LogP contribution in [0, 0.1) is 0 Å². The van der Waals surface area contributed by atoms with Crippen LogP contribution >= 0.6 is 11.8 Å². The average molecular weight is 410 g/mol. The highest BCUT2D eigenvalue weighted by molar-refractivity contribution is 7.98. The average Bonchev–Trinajstić information content (AvgIpc) is 3.36. The molecule has 0 aliphatic carbocycles. The Bertz CT molecular complexity index is 1150. The Kier molecular flexibility index (Phi) is 5.48. The smallest absolute Gasteiger partial charge is 0.374 e. The van der Waals surface area contributed by atoms with Gasteiger partial charge in [-0.1, -0.05) is 42.1 Å². The van der Waals surface area contributed by atoms with Crippen LogP contribution in [0.15, 0.2) is 58.1 Å². The van der Waals surface area contributed by atoms with Gasteiger partial charge in [-0.25, -0.2) is 4.79 Å². The monoisotopic (exact) mass is 410 g/mol. The largest absolute Gasteiger partial charge is 0.494 e. The second kappa shape index (κ2) is 8.36. The van der Waals surface area contributed by atoms with Gasteiger partial charge >= 0.3 is 5.97 Å². The van der Waals surface area contributed by atoms with Gasteiger partial charge in [-0.3, -0.25) is 0 Å². The molecule has 0 unspecified atom stereocenters. The molecular weight excluding hydrogens is 392 g/mol. The first-order valence-electron chi connectivity index (χ1n) is 8.95. The van der Waals surface area contributed by atoms with Crippen LogP contribution in [0.1, 0.15) is 23.0 Å². The quantitative estimate of drug-likeness (QED) is 0.335. The maximum Gasteiger partial charge on any atom is 0.374 e. The SMILES string of the molecule is CCOC(=O)c1oc2ccccc2c1CSc1nnnn1-c1ccccc1OC. The summed E-state index contributed by atoms with van der Waals surface area (Å²) in [5, 5.41) is 13.4. The summed E-state index contributed by atoms with van der Waals surface area (Å²) in [6.45, 7) is 2.03. The van der Waals surface area contributed by atoms with Crippen LogP contribution in [0.5, 0.6) is 5.75 Å². The van der Waals surface area contributed by atoms with Gasteiger partial charge in [0.2, 0.25) is 10.9 Å². The Morgan fingerprint density at radius 3 is 2.79 bits per heavy atom. The van der Waals surface area contributed by atoms with E-state index in [1.54, 1.807) is 18.7 Å². The maximum atomic E-state index is 12.4. The van der Waals surface area contributed by atoms with E-state index in [2.05, 4.69) is 15.5 Å². The molecule has 0 fully saturated rings. The van der Waals surface area contributed by atoms with E-state index in [9.17, 15) is 4.79 Å². The number of furan rings is 1. The molecule has 0 saturated carbocycles. The predicted octanol–water partition coefficient (Wildman–Crippen LogP) is 3.89. The van der Waals surface area contributed by atoms with E-state index < -0.39 is 5.97 Å². The summed E-state index contributed by atoms with van der Waals surface area (Å²) in [6, 6.07) is 15.0. The van der Waals surface area contributed by atoms with E-state index in [1.165, 1.54) is 11.8 Å². The van der Waals surface area contributed by atoms with Gasteiger partial charge in [0.15, 0.2) is 0 Å². The summed E-state index contributed by atoms with van der Waals surface area (Å²) < 4.78 is 17.9. The Hall–Kier alpha value is -3.33. The third-order valence-electron chi connectivity index (χ3n) is 4.26. The molecule has 2 aromatic carbocycles. The molecule has 9 heteroatoms. The summed E-state index contributed by atoms with van der Waals surface area (Å²) in [6.07, 6.45) is 0. The Labute approximate surface area is 170 Å². The second-order valence-corrected chi connectivity index (χ2v) is 6.90. The maximum absolute atomic E-state index is 12.4. The molecule has 0 atom stereocenters. The molecule has 0 amide bonds. The van der Waals surface area contributed by atoms with Crippen LogP contribution in [0.2, 0.25) is 0 Å². The summed E-state index contributed by atoms with van der Waals surface area (Å²) in [4.78, 5) is 12.4. The second-order valence-electron chi connectivity index (χ2n) is 5.96. The van der Waals surface area contributed by atoms with Crippen molar-refractivity contribution < 1.29 is 18.7 Å². The van der Waals surface area contributed by atoms with E-state index in [4.69, 9.17) is 13.9 Å². The van der Waals surface area contributed by atoms with Gasteiger partial charge in [0, 0.05) is 16.7 Å². The van der Waals surface area contributed by atoms with Gasteiger partial charge in [-0.15, -0.1) is 5.10 Å². The van der Waals surface area contributed by atoms with E-state index in [-0.39, 0.29) is 12.4 Å². The highest BCUT2D eigenvalue weighted by atomic mass is 32.2. The molecule has 29 heavy (non-hydrogen) atoms. The van der Waals surface area contributed by atoms with Crippen molar-refractivity contribution in [1.82, 2.24) is 20.2 Å². The Morgan fingerprint density at radius 2 is 1.97 bits per heavy atom. The lowest BCUT2D eigenvalue weighted by molar-refractivity contribution is 0.0491. The van der Waals surface area contributed by atoms with E-state index in [0.717, 1.165) is 16.6 Å². The van der Waals surface area contributed by atoms with Gasteiger partial charge in [-0.2, -0.15) is 4.68 Å². The zero-order valence-electron chi connectivity index (χ0n) is 15.9. The van der Waals surface area contributed by atoms with Crippen molar-refractivity contribution in [3.8, 4) is 11.4 Å². The number of carbonyl (C=O) groups is 1. The minimum absolute atomic E-state index is 0.205. The number of fused-ring (bicyclic) bond motifs is 1. The highest BCUT2D eigenvalue weighted by Gasteiger charge is 2.23. The number of hydrogen-bond donors (Lipinski definition) is 0. The third kappa shape index (κ3) is 3.68. The van der Waals surface area contributed by atoms with Crippen LogP contribution in [0.4, 0.5) is 0 Å². The van der Waals surface area contributed by atoms with Crippen LogP contribution in [-0.4, -0.2) is 39.9 Å². The number of carbonyl (C=O) groups excluding carboxylic acids is 1. The number of hydrogen-bond acceptors (Lipinski definition) is 8. The van der Waals surface area contributed by atoms with Crippen molar-refractivity contribution in [2.45, 2.75) is 17.8 Å². The number of rotatable bonds is 7. The number of para-hydroxylation sites is 3. The number of ether oxygens (including phenoxy) is 2. The zero-order chi connectivity index (χ0) is 20.2. The number of esters is 1. The molecule has 0 bridgehead atoms. The number of tetrazole rings is 1. The van der Waals surface area contributed by atoms with E-state index in [1.807, 2.05) is 48.5 Å². The third-order valence-corrected chi connectivity index (χ3v) is 5.20. The minimum atomic E-state index is -0.483. The molecule has 148 valence electrons. The number of thioether (sulfide) groups is 1. The Balaban J connectivity index is 1.67. The lowest BCUT2D eigenvalue weighted by Crippen LogP contribution is -2.06. The van der Waals surface area contributed by atoms with Crippen molar-refractivity contribution in [2.24, 2.45) is 0 Å². The Morgan fingerprint density at radius 1 is 1.17 bits per heavy atom. The van der Waals surface area contributed by atoms with Gasteiger partial charge in [0.05, 0.1) is 13.7 Å². The fourth-order valence-electron chi connectivity index (χ4n) is 2.97. The fraction of sp³-hybridized carbons (Fsp3) is 0.200. The lowest BCUT2D eigenvalue weighted by atomic mass is 10.1. The van der Waals surface area contributed by atoms with Crippen molar-refractivity contribution in [3.05, 3.63) is 59.9 Å². The van der Waals surface area contributed by atoms with Crippen LogP contribution in [0.3, 0.4) is 0 Å². The molecule has 2 heterocycles. The molecule has 0 saturated heterocycles. The molecule has 4 aromatic rings. The van der Waals surface area contributed by atoms with Crippen LogP contribution in [-0.2, 0) is 10.5 Å². The minimum Gasteiger partial charge on any atom is -0.494 e. The van der Waals surface area contributed by atoms with Crippen molar-refractivity contribution in [1.29, 1.82) is 0 Å². The van der Waals surface area contributed by atoms with Gasteiger partial charge in [0.25, 0.3) is 0 Å². The van der Waals surface area contributed by atoms with E-state index >= 15 is 0 Å². The first-order chi connectivity index (χ1) is 14.2. The standard InChI is InChI=1S/C20H18N4O4S/c1-3-27-19(25)18-14(13-8-4-6-10-16(13)28-18)12-29-20-21-22-23-24(20)15-9-5-7-11-17(15)26-2/h4-11H,3,12H2,1-2H3. The molecule has 4 rings (SSSR count). The van der Waals surface area contributed by atoms with Crippen LogP contribution in [0.25, 0.3) is 16.7 Å². The van der Waals surface area contributed by atoms with Crippen molar-refractivity contribution in [3.63, 3.8) is 0 Å². The van der Waals surface area contributed by atoms with E-state index in [0.29, 0.717) is 22.2 Å². The van der Waals surface area contributed by atoms with Gasteiger partial charge in [0.1, 0.15) is 17.0 Å². The van der Waals surface area contributed by atoms with Crippen molar-refractivity contribution in [2.75, 3.05) is 13.7 Å². The normalized spacial score (nSPS) is 11.0. The summed E-state index contributed by atoms with van der Waals surface area (Å²) >= 11 is 1.39. The summed E-state index contributed by atoms with van der Waals surface area (Å²) in [5.74, 6) is 0.809. The molecule has 8 nitrogen and oxygen atoms in total. The van der Waals surface area contributed by atoms with Gasteiger partial charge < -0.3 is 13.9 Å². The zero-order valence-corrected chi connectivity index (χ0v) is 16.7. The summed E-state index contributed by atoms with van der Waals surface area (Å²) in [5.41, 5.74) is 2.11. The summed E-state index contributed by atoms with van der Waals surface area (Å²) in [7, 11) is 1.60. The molecule has 0 aliphatic heterocycles. The topological polar surface area (TPSA) is 92.3 Å². The van der Waals surface area contributed by atoms with Crippen molar-refractivity contribution >= 4 is 28.7 Å². The number of benzene rings is 2. The van der Waals surface area contributed by atoms with Crippen LogP contribution < -0.4 is 4.74 Å². The molecule has 2 aromatic heterocycles. The first-order valence-corrected chi connectivity index (χ1v) is 9.93. The van der Waals surface area contributed by atoms with Gasteiger partial charge in [-0.05, 0) is 35.5 Å². The lowest BCUT2D eigenvalue weighted by Gasteiger charge is -2.09. The molecular formula is C20H18N4O4S. The molecule has 0 aliphatic rings. The molecule has 0 radical (unpaired) electrons. The predicted molar refractivity (Wildman–Crippen MR) is 107 cm³/mol.